The molecule has 4 saturated carbocycles. The molecule has 0 amide bonds. The van der Waals surface area contributed by atoms with Crippen LogP contribution in [0.25, 0.3) is 5.57 Å². The molecule has 49 heavy (non-hydrogen) atoms. The van der Waals surface area contributed by atoms with Crippen molar-refractivity contribution in [2.24, 2.45) is 57.0 Å². The number of carboxylic acids is 1. The predicted molar refractivity (Wildman–Crippen MR) is 198 cm³/mol. The zero-order chi connectivity index (χ0) is 35.2. The average Bonchev–Trinajstić information content (AvgIpc) is 3.42. The third-order valence-corrected chi connectivity index (χ3v) is 18.1. The number of benzene rings is 1. The summed E-state index contributed by atoms with van der Waals surface area (Å²) in [4.78, 5) is 13.9. The second-order valence-electron chi connectivity index (χ2n) is 18.8. The lowest BCUT2D eigenvalue weighted by molar-refractivity contribution is -0.220. The van der Waals surface area contributed by atoms with Crippen LogP contribution in [0.5, 0.6) is 0 Å². The van der Waals surface area contributed by atoms with Crippen molar-refractivity contribution in [1.29, 1.82) is 0 Å². The van der Waals surface area contributed by atoms with Crippen LogP contribution in [0.2, 0.25) is 0 Å². The number of nitrogens with zero attached hydrogens (tertiary/aromatic N) is 1. The van der Waals surface area contributed by atoms with Crippen LogP contribution in [0, 0.1) is 51.2 Å². The molecule has 10 atom stereocenters. The molecule has 0 bridgehead atoms. The first kappa shape index (κ1) is 35.7. The van der Waals surface area contributed by atoms with E-state index in [4.69, 9.17) is 5.73 Å². The maximum Gasteiger partial charge on any atom is 0.335 e. The third-order valence-electron chi connectivity index (χ3n) is 16.5. The number of aromatic carboxylic acids is 1. The minimum atomic E-state index is -2.86. The van der Waals surface area contributed by atoms with Crippen molar-refractivity contribution in [1.82, 2.24) is 10.2 Å². The van der Waals surface area contributed by atoms with Gasteiger partial charge in [0.05, 0.1) is 17.1 Å². The summed E-state index contributed by atoms with van der Waals surface area (Å²) in [6, 6.07) is 7.76. The Kier molecular flexibility index (Phi) is 8.85. The average molecular weight is 694 g/mol. The lowest BCUT2D eigenvalue weighted by Gasteiger charge is -2.72. The number of nitrogens with two attached hydrogens (primary N) is 1. The molecule has 6 aliphatic rings. The molecule has 1 unspecified atom stereocenters. The molecule has 7 nitrogen and oxygen atoms in total. The van der Waals surface area contributed by atoms with Gasteiger partial charge in [0, 0.05) is 37.8 Å². The van der Waals surface area contributed by atoms with Gasteiger partial charge in [-0.1, -0.05) is 52.8 Å². The molecule has 4 N–H and O–H groups in total. The normalized spacial score (nSPS) is 43.3. The van der Waals surface area contributed by atoms with E-state index in [2.05, 4.69) is 57.8 Å². The number of fused-ring (bicyclic) bond motifs is 7. The largest absolute Gasteiger partial charge is 0.478 e. The van der Waals surface area contributed by atoms with E-state index in [-0.39, 0.29) is 33.2 Å². The van der Waals surface area contributed by atoms with Crippen LogP contribution >= 0.6 is 0 Å². The highest BCUT2D eigenvalue weighted by Crippen LogP contribution is 2.76. The highest BCUT2D eigenvalue weighted by molar-refractivity contribution is 7.91. The highest BCUT2D eigenvalue weighted by Gasteiger charge is 2.70. The van der Waals surface area contributed by atoms with Gasteiger partial charge in [0.25, 0.3) is 0 Å². The summed E-state index contributed by atoms with van der Waals surface area (Å²) in [5.41, 5.74) is 10.7. The number of rotatable bonds is 7. The number of hydrogen-bond donors (Lipinski definition) is 3. The number of sulfone groups is 1. The van der Waals surface area contributed by atoms with Gasteiger partial charge < -0.3 is 21.1 Å². The molecule has 0 radical (unpaired) electrons. The van der Waals surface area contributed by atoms with Gasteiger partial charge in [0.15, 0.2) is 9.84 Å². The maximum atomic E-state index is 12.0. The number of carboxylic acid groups (broad SMARTS) is 1. The molecule has 5 aliphatic carbocycles. The van der Waals surface area contributed by atoms with Gasteiger partial charge in [-0.3, -0.25) is 0 Å². The van der Waals surface area contributed by atoms with Crippen molar-refractivity contribution in [3.8, 4) is 0 Å². The SMILES string of the molecule is CC(N)[C@@H]1CC[C@]2(NCCN3CCS(=O)(=O)CC3)CC[C@]3(C)[C@H](CC[C@@H]4[C@@]5(C)CC=C(c6ccc(C(=O)O)cc6)C(C)(C)[C@@H]5CC[C@]43C)[C@@H]12. The molecule has 1 aromatic carbocycles. The number of nitrogens with one attached hydrogen (secondary N) is 1. The first-order valence-corrected chi connectivity index (χ1v) is 21.3. The summed E-state index contributed by atoms with van der Waals surface area (Å²) >= 11 is 0. The standard InChI is InChI=1S/C41H63N3O4S/c1-27(42)30-13-18-41(43-21-22-44-23-25-49(47,48)26-24-44)20-19-39(5)32(35(30)41)11-12-34-38(4)16-14-31(28-7-9-29(10-8-28)36(45)46)37(2,3)33(38)15-17-40(34,39)6/h7-10,14,27,30,32-35,43H,11-13,15-26,42H2,1-6H3,(H,45,46)/t27?,30-,32+,33-,34+,35+,38-,39+,40+,41-/m0/s1. The molecule has 272 valence electrons. The van der Waals surface area contributed by atoms with E-state index in [1.807, 2.05) is 12.1 Å². The second kappa shape index (κ2) is 12.2. The fourth-order valence-electron chi connectivity index (χ4n) is 13.9. The Bertz CT molecular complexity index is 1570. The van der Waals surface area contributed by atoms with Gasteiger partial charge in [-0.25, -0.2) is 13.2 Å². The summed E-state index contributed by atoms with van der Waals surface area (Å²) in [6.07, 6.45) is 13.6. The quantitative estimate of drug-likeness (QED) is 0.286. The smallest absolute Gasteiger partial charge is 0.335 e. The van der Waals surface area contributed by atoms with Crippen molar-refractivity contribution in [2.75, 3.05) is 37.7 Å². The monoisotopic (exact) mass is 693 g/mol. The molecule has 1 aliphatic heterocycles. The van der Waals surface area contributed by atoms with E-state index in [9.17, 15) is 18.3 Å². The van der Waals surface area contributed by atoms with Crippen LogP contribution in [0.1, 0.15) is 115 Å². The summed E-state index contributed by atoms with van der Waals surface area (Å²) in [5, 5.41) is 13.7. The molecule has 7 rings (SSSR count). The molecule has 1 heterocycles. The van der Waals surface area contributed by atoms with E-state index in [1.54, 1.807) is 12.1 Å². The van der Waals surface area contributed by atoms with Crippen LogP contribution in [-0.2, 0) is 9.84 Å². The molecular formula is C41H63N3O4S. The number of carbonyl (C=O) groups is 1. The van der Waals surface area contributed by atoms with Crippen molar-refractivity contribution in [3.63, 3.8) is 0 Å². The molecular weight excluding hydrogens is 631 g/mol. The van der Waals surface area contributed by atoms with Gasteiger partial charge in [-0.05, 0) is 139 Å². The van der Waals surface area contributed by atoms with Gasteiger partial charge in [-0.15, -0.1) is 0 Å². The van der Waals surface area contributed by atoms with E-state index < -0.39 is 15.8 Å². The van der Waals surface area contributed by atoms with Crippen molar-refractivity contribution >= 4 is 21.4 Å². The van der Waals surface area contributed by atoms with Crippen molar-refractivity contribution in [2.45, 2.75) is 111 Å². The lowest BCUT2D eigenvalue weighted by Crippen LogP contribution is -2.68. The molecule has 8 heteroatoms. The van der Waals surface area contributed by atoms with Crippen molar-refractivity contribution < 1.29 is 18.3 Å². The van der Waals surface area contributed by atoms with Crippen LogP contribution in [0.4, 0.5) is 0 Å². The predicted octanol–water partition coefficient (Wildman–Crippen LogP) is 6.88. The van der Waals surface area contributed by atoms with Crippen LogP contribution in [-0.4, -0.2) is 73.7 Å². The van der Waals surface area contributed by atoms with E-state index in [0.29, 0.717) is 59.7 Å². The molecule has 5 fully saturated rings. The Labute approximate surface area is 296 Å². The summed E-state index contributed by atoms with van der Waals surface area (Å²) in [7, 11) is -2.86. The van der Waals surface area contributed by atoms with Gasteiger partial charge in [-0.2, -0.15) is 0 Å². The number of allylic oxidation sites excluding steroid dienone is 2. The van der Waals surface area contributed by atoms with Gasteiger partial charge >= 0.3 is 5.97 Å². The van der Waals surface area contributed by atoms with Gasteiger partial charge in [0.2, 0.25) is 0 Å². The van der Waals surface area contributed by atoms with Gasteiger partial charge in [0.1, 0.15) is 0 Å². The molecule has 0 spiro atoms. The summed E-state index contributed by atoms with van der Waals surface area (Å²) in [5.74, 6) is 2.74. The lowest BCUT2D eigenvalue weighted by atomic mass is 9.33. The zero-order valence-electron chi connectivity index (χ0n) is 31.1. The van der Waals surface area contributed by atoms with Crippen LogP contribution < -0.4 is 11.1 Å². The molecule has 1 aromatic rings. The molecule has 1 saturated heterocycles. The Morgan fingerprint density at radius 1 is 0.939 bits per heavy atom. The van der Waals surface area contributed by atoms with E-state index in [0.717, 1.165) is 19.5 Å². The Morgan fingerprint density at radius 2 is 1.63 bits per heavy atom. The highest BCUT2D eigenvalue weighted by atomic mass is 32.2. The number of hydrogen-bond acceptors (Lipinski definition) is 6. The van der Waals surface area contributed by atoms with Crippen molar-refractivity contribution in [3.05, 3.63) is 41.5 Å². The summed E-state index contributed by atoms with van der Waals surface area (Å²) < 4.78 is 24.0. The first-order valence-electron chi connectivity index (χ1n) is 19.5. The van der Waals surface area contributed by atoms with Crippen LogP contribution in [0.3, 0.4) is 0 Å². The fraction of sp³-hybridized carbons (Fsp3) is 0.780. The minimum absolute atomic E-state index is 0.00648. The third kappa shape index (κ3) is 5.51. The minimum Gasteiger partial charge on any atom is -0.478 e. The van der Waals surface area contributed by atoms with E-state index >= 15 is 0 Å². The Morgan fingerprint density at radius 3 is 2.29 bits per heavy atom. The Balaban J connectivity index is 1.14. The maximum absolute atomic E-state index is 12.0. The topological polar surface area (TPSA) is 113 Å². The Hall–Kier alpha value is -1.74. The van der Waals surface area contributed by atoms with E-state index in [1.165, 1.54) is 62.5 Å². The fourth-order valence-corrected chi connectivity index (χ4v) is 15.1. The zero-order valence-corrected chi connectivity index (χ0v) is 31.9. The molecule has 0 aromatic heterocycles. The first-order chi connectivity index (χ1) is 23.0. The summed E-state index contributed by atoms with van der Waals surface area (Å²) in [6.45, 7) is 18.4. The van der Waals surface area contributed by atoms with Crippen LogP contribution in [0.15, 0.2) is 30.3 Å². The second-order valence-corrected chi connectivity index (χ2v) is 21.1.